The van der Waals surface area contributed by atoms with Gasteiger partial charge in [0.1, 0.15) is 11.6 Å². The average Bonchev–Trinajstić information content (AvgIpc) is 2.46. The Balaban J connectivity index is 2.03. The molecule has 2 N–H and O–H groups in total. The maximum atomic E-state index is 13.5. The minimum atomic E-state index is -4.55. The van der Waals surface area contributed by atoms with Gasteiger partial charge < -0.3 is 10.4 Å². The molecule has 0 saturated carbocycles. The predicted octanol–water partition coefficient (Wildman–Crippen LogP) is 3.20. The molecule has 0 radical (unpaired) electrons. The van der Waals surface area contributed by atoms with Crippen LogP contribution >= 0.6 is 0 Å². The van der Waals surface area contributed by atoms with Crippen molar-refractivity contribution in [3.05, 3.63) is 65.0 Å². The number of pyridine rings is 1. The van der Waals surface area contributed by atoms with Crippen molar-refractivity contribution in [3.8, 4) is 0 Å². The number of hydrogen-bond donors (Lipinski definition) is 2. The number of aliphatic hydroxyl groups is 1. The molecule has 0 aliphatic rings. The molecule has 2 rings (SSSR count). The molecule has 2 aromatic rings. The Hall–Kier alpha value is -2.06. The fourth-order valence-corrected chi connectivity index (χ4v) is 2.10. The van der Waals surface area contributed by atoms with Crippen molar-refractivity contribution in [2.24, 2.45) is 0 Å². The summed E-state index contributed by atoms with van der Waals surface area (Å²) in [6.45, 7) is -0.630. The van der Waals surface area contributed by atoms with Gasteiger partial charge in [-0.25, -0.2) is 8.78 Å². The molecule has 0 amide bonds. The van der Waals surface area contributed by atoms with Crippen LogP contribution in [0, 0.1) is 11.6 Å². The van der Waals surface area contributed by atoms with Gasteiger partial charge in [-0.2, -0.15) is 13.2 Å². The van der Waals surface area contributed by atoms with Crippen molar-refractivity contribution in [3.63, 3.8) is 0 Å². The first kappa shape index (κ1) is 17.3. The number of nitrogens with zero attached hydrogens (tertiary/aromatic N) is 1. The van der Waals surface area contributed by atoms with E-state index in [1.54, 1.807) is 0 Å². The van der Waals surface area contributed by atoms with E-state index in [0.717, 1.165) is 30.3 Å². The largest absolute Gasteiger partial charge is 0.418 e. The van der Waals surface area contributed by atoms with E-state index in [1.165, 1.54) is 6.20 Å². The van der Waals surface area contributed by atoms with Gasteiger partial charge >= 0.3 is 6.18 Å². The lowest BCUT2D eigenvalue weighted by Gasteiger charge is -2.15. The summed E-state index contributed by atoms with van der Waals surface area (Å²) in [7, 11) is 0. The molecule has 1 atom stereocenters. The molecular weight excluding hydrogens is 319 g/mol. The van der Waals surface area contributed by atoms with Crippen LogP contribution in [0.1, 0.15) is 22.9 Å². The first-order valence-electron chi connectivity index (χ1n) is 6.64. The Kier molecular flexibility index (Phi) is 5.27. The van der Waals surface area contributed by atoms with Crippen molar-refractivity contribution in [2.45, 2.75) is 18.8 Å². The Morgan fingerprint density at radius 2 is 1.74 bits per heavy atom. The molecule has 0 spiro atoms. The van der Waals surface area contributed by atoms with E-state index in [4.69, 9.17) is 0 Å². The fourth-order valence-electron chi connectivity index (χ4n) is 2.10. The van der Waals surface area contributed by atoms with Crippen molar-refractivity contribution in [1.29, 1.82) is 0 Å². The van der Waals surface area contributed by atoms with Crippen LogP contribution in [0.5, 0.6) is 0 Å². The molecule has 0 aliphatic heterocycles. The molecule has 0 bridgehead atoms. The minimum absolute atomic E-state index is 0.263. The molecular formula is C15H13F5N2O. The monoisotopic (exact) mass is 332 g/mol. The summed E-state index contributed by atoms with van der Waals surface area (Å²) < 4.78 is 65.3. The van der Waals surface area contributed by atoms with Crippen molar-refractivity contribution < 1.29 is 27.1 Å². The average molecular weight is 332 g/mol. The van der Waals surface area contributed by atoms with Gasteiger partial charge in [-0.3, -0.25) is 4.98 Å². The molecule has 23 heavy (non-hydrogen) atoms. The first-order valence-corrected chi connectivity index (χ1v) is 6.64. The van der Waals surface area contributed by atoms with Crippen molar-refractivity contribution in [2.75, 3.05) is 6.54 Å². The topological polar surface area (TPSA) is 45.1 Å². The Morgan fingerprint density at radius 3 is 2.35 bits per heavy atom. The zero-order valence-corrected chi connectivity index (χ0v) is 11.7. The number of aromatic nitrogens is 1. The lowest BCUT2D eigenvalue weighted by atomic mass is 10.1. The number of halogens is 5. The van der Waals surface area contributed by atoms with Gasteiger partial charge in [0.15, 0.2) is 0 Å². The third kappa shape index (κ3) is 4.23. The zero-order valence-electron chi connectivity index (χ0n) is 11.7. The van der Waals surface area contributed by atoms with Crippen LogP contribution in [0.3, 0.4) is 0 Å². The van der Waals surface area contributed by atoms with E-state index in [0.29, 0.717) is 0 Å². The second kappa shape index (κ2) is 7.01. The van der Waals surface area contributed by atoms with Gasteiger partial charge in [-0.1, -0.05) is 6.07 Å². The fraction of sp³-hybridized carbons (Fsp3) is 0.267. The third-order valence-corrected chi connectivity index (χ3v) is 3.16. The number of benzene rings is 1. The summed E-state index contributed by atoms with van der Waals surface area (Å²) in [5.74, 6) is -1.85. The smallest absolute Gasteiger partial charge is 0.387 e. The van der Waals surface area contributed by atoms with E-state index in [1.807, 2.05) is 0 Å². The first-order chi connectivity index (χ1) is 10.8. The van der Waals surface area contributed by atoms with Crippen LogP contribution in [-0.2, 0) is 12.7 Å². The van der Waals surface area contributed by atoms with Gasteiger partial charge in [0.25, 0.3) is 0 Å². The summed E-state index contributed by atoms with van der Waals surface area (Å²) in [5.41, 5.74) is -1.70. The minimum Gasteiger partial charge on any atom is -0.387 e. The normalized spacial score (nSPS) is 13.1. The highest BCUT2D eigenvalue weighted by Crippen LogP contribution is 2.30. The van der Waals surface area contributed by atoms with E-state index < -0.39 is 35.0 Å². The van der Waals surface area contributed by atoms with Gasteiger partial charge in [-0.05, 0) is 24.3 Å². The van der Waals surface area contributed by atoms with E-state index in [-0.39, 0.29) is 18.8 Å². The van der Waals surface area contributed by atoms with Gasteiger partial charge in [0, 0.05) is 19.3 Å². The van der Waals surface area contributed by atoms with Crippen LogP contribution in [0.4, 0.5) is 22.0 Å². The van der Waals surface area contributed by atoms with E-state index in [9.17, 15) is 27.1 Å². The summed E-state index contributed by atoms with van der Waals surface area (Å²) in [6, 6.07) is 5.18. The van der Waals surface area contributed by atoms with Crippen LogP contribution < -0.4 is 5.32 Å². The summed E-state index contributed by atoms with van der Waals surface area (Å²) in [5, 5.41) is 12.3. The van der Waals surface area contributed by atoms with Gasteiger partial charge in [-0.15, -0.1) is 0 Å². The predicted molar refractivity (Wildman–Crippen MR) is 72.3 cm³/mol. The van der Waals surface area contributed by atoms with Crippen LogP contribution in [-0.4, -0.2) is 16.6 Å². The molecule has 1 unspecified atom stereocenters. The molecule has 0 aliphatic carbocycles. The Bertz CT molecular complexity index is 655. The summed E-state index contributed by atoms with van der Waals surface area (Å²) in [6.07, 6.45) is -4.88. The number of hydrogen-bond acceptors (Lipinski definition) is 3. The molecule has 3 nitrogen and oxygen atoms in total. The van der Waals surface area contributed by atoms with E-state index >= 15 is 0 Å². The quantitative estimate of drug-likeness (QED) is 0.827. The Labute approximate surface area is 128 Å². The number of aliphatic hydroxyl groups excluding tert-OH is 1. The number of rotatable bonds is 5. The molecule has 8 heteroatoms. The van der Waals surface area contributed by atoms with Crippen LogP contribution in [0.15, 0.2) is 36.5 Å². The maximum absolute atomic E-state index is 13.5. The van der Waals surface area contributed by atoms with Gasteiger partial charge in [0.2, 0.25) is 0 Å². The third-order valence-electron chi connectivity index (χ3n) is 3.16. The van der Waals surface area contributed by atoms with Gasteiger partial charge in [0.05, 0.1) is 22.9 Å². The molecule has 124 valence electrons. The lowest BCUT2D eigenvalue weighted by Crippen LogP contribution is -2.24. The maximum Gasteiger partial charge on any atom is 0.418 e. The molecule has 1 aromatic heterocycles. The van der Waals surface area contributed by atoms with Crippen molar-refractivity contribution >= 4 is 0 Å². The zero-order chi connectivity index (χ0) is 17.0. The highest BCUT2D eigenvalue weighted by molar-refractivity contribution is 5.24. The lowest BCUT2D eigenvalue weighted by molar-refractivity contribution is -0.138. The molecule has 0 saturated heterocycles. The number of nitrogens with one attached hydrogen (secondary N) is 1. The Morgan fingerprint density at radius 1 is 1.09 bits per heavy atom. The molecule has 1 aromatic carbocycles. The number of alkyl halides is 3. The van der Waals surface area contributed by atoms with Crippen LogP contribution in [0.2, 0.25) is 0 Å². The standard InChI is InChI=1S/C15H13F5N2O/c16-10-4-1-5-11(17)14(10)13(23)8-21-7-12-9(15(18,19)20)3-2-6-22-12/h1-6,13,21,23H,7-8H2. The summed E-state index contributed by atoms with van der Waals surface area (Å²) in [4.78, 5) is 3.64. The van der Waals surface area contributed by atoms with Crippen LogP contribution in [0.25, 0.3) is 0 Å². The highest BCUT2D eigenvalue weighted by Gasteiger charge is 2.33. The van der Waals surface area contributed by atoms with E-state index in [2.05, 4.69) is 10.3 Å². The molecule has 0 fully saturated rings. The SMILES string of the molecule is OC(CNCc1ncccc1C(F)(F)F)c1c(F)cccc1F. The van der Waals surface area contributed by atoms with Crippen molar-refractivity contribution in [1.82, 2.24) is 10.3 Å². The molecule has 1 heterocycles. The highest BCUT2D eigenvalue weighted by atomic mass is 19.4. The summed E-state index contributed by atoms with van der Waals surface area (Å²) >= 11 is 0. The second-order valence-corrected chi connectivity index (χ2v) is 4.78. The second-order valence-electron chi connectivity index (χ2n) is 4.78.